The third-order valence-electron chi connectivity index (χ3n) is 11.3. The number of carbonyl (C=O) groups excluding carboxylic acids is 2. The molecule has 2 heterocycles. The minimum absolute atomic E-state index is 0.0676. The van der Waals surface area contributed by atoms with Gasteiger partial charge in [0, 0.05) is 37.7 Å². The van der Waals surface area contributed by atoms with Gasteiger partial charge in [-0.2, -0.15) is 0 Å². The normalized spacial score (nSPS) is 42.3. The molecular formula is C35H63N3O7. The van der Waals surface area contributed by atoms with Crippen LogP contribution in [0, 0.1) is 29.1 Å². The van der Waals surface area contributed by atoms with Gasteiger partial charge in [0.1, 0.15) is 18.1 Å². The van der Waals surface area contributed by atoms with E-state index in [4.69, 9.17) is 18.9 Å². The lowest BCUT2D eigenvalue weighted by atomic mass is 9.74. The van der Waals surface area contributed by atoms with E-state index in [-0.39, 0.29) is 36.5 Å². The molecule has 10 heteroatoms. The molecule has 0 aromatic heterocycles. The molecule has 0 aromatic carbocycles. The first-order chi connectivity index (χ1) is 21.1. The molecular weight excluding hydrogens is 574 g/mol. The van der Waals surface area contributed by atoms with Crippen LogP contribution in [0.1, 0.15) is 86.5 Å². The van der Waals surface area contributed by atoms with E-state index >= 15 is 0 Å². The first kappa shape index (κ1) is 36.7. The van der Waals surface area contributed by atoms with Crippen molar-refractivity contribution >= 4 is 11.8 Å². The standard InChI is InChI=1S/C35H63N3O7/c1-21-18-35(6,42-10)31(45-32-29(39)27(37(7)8)15-22(2)44-32)23(3)30(40)34(4,5)33(41)43-20-28(38(9)19-21)25-16-26(17-25)36-14-13-24-11-12-24/h21-29,31-32,36,39H,11-20H2,1-10H3/t21-,22-,23+,25?,26?,27+,28+,29-,31-,32+,35-/m1/s1. The Morgan fingerprint density at radius 1 is 1.09 bits per heavy atom. The highest BCUT2D eigenvalue weighted by molar-refractivity contribution is 6.04. The van der Waals surface area contributed by atoms with Crippen molar-refractivity contribution in [1.29, 1.82) is 0 Å². The van der Waals surface area contributed by atoms with Crippen LogP contribution in [0.4, 0.5) is 0 Å². The molecule has 2 aliphatic carbocycles. The molecule has 0 radical (unpaired) electrons. The molecule has 0 unspecified atom stereocenters. The molecule has 2 saturated heterocycles. The second-order valence-electron chi connectivity index (χ2n) is 16.0. The monoisotopic (exact) mass is 637 g/mol. The molecule has 2 aliphatic heterocycles. The number of nitrogens with one attached hydrogen (secondary N) is 1. The number of aliphatic hydroxyl groups excluding tert-OH is 1. The van der Waals surface area contributed by atoms with Gasteiger partial charge in [0.25, 0.3) is 0 Å². The van der Waals surface area contributed by atoms with Gasteiger partial charge >= 0.3 is 5.97 Å². The van der Waals surface area contributed by atoms with Crippen LogP contribution in [-0.2, 0) is 28.5 Å². The van der Waals surface area contributed by atoms with Gasteiger partial charge in [-0.05, 0) is 105 Å². The predicted octanol–water partition coefficient (Wildman–Crippen LogP) is 3.49. The summed E-state index contributed by atoms with van der Waals surface area (Å²) in [4.78, 5) is 32.2. The maximum atomic E-state index is 14.2. The summed E-state index contributed by atoms with van der Waals surface area (Å²) in [6.07, 6.45) is 4.64. The van der Waals surface area contributed by atoms with Crippen LogP contribution in [0.3, 0.4) is 0 Å². The van der Waals surface area contributed by atoms with Crippen LogP contribution in [0.5, 0.6) is 0 Å². The lowest BCUT2D eigenvalue weighted by Crippen LogP contribution is -2.59. The molecule has 4 aliphatic rings. The Balaban J connectivity index is 1.56. The number of cyclic esters (lactones) is 1. The van der Waals surface area contributed by atoms with Crippen molar-refractivity contribution in [3.8, 4) is 0 Å². The Kier molecular flexibility index (Phi) is 12.2. The van der Waals surface area contributed by atoms with Crippen LogP contribution in [-0.4, -0.2) is 123 Å². The van der Waals surface area contributed by atoms with Gasteiger partial charge < -0.3 is 34.3 Å². The Bertz CT molecular complexity index is 1000. The number of aliphatic hydroxyl groups is 1. The highest BCUT2D eigenvalue weighted by atomic mass is 16.7. The number of rotatable bonds is 9. The number of ketones is 1. The summed E-state index contributed by atoms with van der Waals surface area (Å²) in [5.41, 5.74) is -2.29. The summed E-state index contributed by atoms with van der Waals surface area (Å²) in [5.74, 6) is -0.0124. The zero-order valence-electron chi connectivity index (χ0n) is 29.7. The Morgan fingerprint density at radius 3 is 2.36 bits per heavy atom. The Labute approximate surface area is 272 Å². The fraction of sp³-hybridized carbons (Fsp3) is 0.943. The number of ether oxygens (including phenoxy) is 4. The maximum absolute atomic E-state index is 14.2. The number of carbonyl (C=O) groups is 2. The van der Waals surface area contributed by atoms with Gasteiger partial charge in [-0.1, -0.05) is 26.7 Å². The average molecular weight is 638 g/mol. The number of hydrogen-bond acceptors (Lipinski definition) is 10. The minimum atomic E-state index is -1.39. The molecule has 9 atom stereocenters. The van der Waals surface area contributed by atoms with Gasteiger partial charge in [0.15, 0.2) is 12.1 Å². The van der Waals surface area contributed by atoms with Crippen molar-refractivity contribution in [2.45, 2.75) is 135 Å². The molecule has 45 heavy (non-hydrogen) atoms. The van der Waals surface area contributed by atoms with Gasteiger partial charge in [0.05, 0.1) is 17.8 Å². The minimum Gasteiger partial charge on any atom is -0.463 e. The number of hydrogen-bond donors (Lipinski definition) is 2. The van der Waals surface area contributed by atoms with E-state index in [9.17, 15) is 14.7 Å². The zero-order valence-corrected chi connectivity index (χ0v) is 29.7. The third-order valence-corrected chi connectivity index (χ3v) is 11.3. The largest absolute Gasteiger partial charge is 0.463 e. The molecule has 0 amide bonds. The van der Waals surface area contributed by atoms with Crippen LogP contribution in [0.25, 0.3) is 0 Å². The lowest BCUT2D eigenvalue weighted by Gasteiger charge is -2.47. The van der Waals surface area contributed by atoms with Crippen LogP contribution in [0.15, 0.2) is 0 Å². The summed E-state index contributed by atoms with van der Waals surface area (Å²) in [6, 6.07) is 0.419. The molecule has 0 bridgehead atoms. The summed E-state index contributed by atoms with van der Waals surface area (Å²) in [7, 11) is 7.64. The fourth-order valence-corrected chi connectivity index (χ4v) is 8.10. The fourth-order valence-electron chi connectivity index (χ4n) is 8.10. The molecule has 2 N–H and O–H groups in total. The highest BCUT2D eigenvalue weighted by Gasteiger charge is 2.52. The molecule has 10 nitrogen and oxygen atoms in total. The smallest absolute Gasteiger partial charge is 0.319 e. The molecule has 2 saturated carbocycles. The molecule has 0 aromatic rings. The van der Waals surface area contributed by atoms with Crippen LogP contribution < -0.4 is 5.32 Å². The van der Waals surface area contributed by atoms with Gasteiger partial charge in [-0.15, -0.1) is 0 Å². The van der Waals surface area contributed by atoms with E-state index < -0.39 is 41.4 Å². The second kappa shape index (κ2) is 15.0. The SMILES string of the molecule is CO[C@]1(C)C[C@@H](C)CN(C)[C@H](C2CC(NCCC3CC3)C2)COC(=O)C(C)(C)C(=O)[C@H](C)[C@H]1O[C@@H]1O[C@H](C)C[C@H](N(C)C)[C@H]1O. The lowest BCUT2D eigenvalue weighted by molar-refractivity contribution is -0.295. The number of methoxy groups -OCH3 is 1. The predicted molar refractivity (Wildman–Crippen MR) is 174 cm³/mol. The Morgan fingerprint density at radius 2 is 1.76 bits per heavy atom. The summed E-state index contributed by atoms with van der Waals surface area (Å²) >= 11 is 0. The van der Waals surface area contributed by atoms with Crippen molar-refractivity contribution in [3.63, 3.8) is 0 Å². The summed E-state index contributed by atoms with van der Waals surface area (Å²) in [5, 5.41) is 15.1. The van der Waals surface area contributed by atoms with Crippen LogP contribution >= 0.6 is 0 Å². The number of nitrogens with zero attached hydrogens (tertiary/aromatic N) is 2. The van der Waals surface area contributed by atoms with E-state index in [1.807, 2.05) is 32.8 Å². The van der Waals surface area contributed by atoms with Crippen LogP contribution in [0.2, 0.25) is 0 Å². The van der Waals surface area contributed by atoms with Gasteiger partial charge in [-0.25, -0.2) is 0 Å². The van der Waals surface area contributed by atoms with E-state index in [0.29, 0.717) is 24.8 Å². The van der Waals surface area contributed by atoms with Crippen molar-refractivity contribution in [3.05, 3.63) is 0 Å². The van der Waals surface area contributed by atoms with Gasteiger partial charge in [0.2, 0.25) is 0 Å². The zero-order chi connectivity index (χ0) is 33.3. The van der Waals surface area contributed by atoms with E-state index in [0.717, 1.165) is 31.8 Å². The number of likely N-dealkylation sites (N-methyl/N-ethyl adjacent to an activating group) is 2. The highest BCUT2D eigenvalue weighted by Crippen LogP contribution is 2.40. The number of esters is 1. The molecule has 4 fully saturated rings. The van der Waals surface area contributed by atoms with E-state index in [2.05, 4.69) is 24.2 Å². The molecule has 0 spiro atoms. The van der Waals surface area contributed by atoms with E-state index in [1.165, 1.54) is 19.3 Å². The van der Waals surface area contributed by atoms with Crippen molar-refractivity contribution in [2.75, 3.05) is 47.9 Å². The maximum Gasteiger partial charge on any atom is 0.319 e. The molecule has 4 rings (SSSR count). The average Bonchev–Trinajstić information content (AvgIpc) is 3.78. The third kappa shape index (κ3) is 8.67. The second-order valence-corrected chi connectivity index (χ2v) is 16.0. The molecule has 260 valence electrons. The van der Waals surface area contributed by atoms with Crippen molar-refractivity contribution < 1.29 is 33.6 Å². The van der Waals surface area contributed by atoms with Gasteiger partial charge in [-0.3, -0.25) is 14.5 Å². The summed E-state index contributed by atoms with van der Waals surface area (Å²) in [6.45, 7) is 13.4. The first-order valence-electron chi connectivity index (χ1n) is 17.4. The summed E-state index contributed by atoms with van der Waals surface area (Å²) < 4.78 is 25.0. The van der Waals surface area contributed by atoms with E-state index in [1.54, 1.807) is 27.9 Å². The first-order valence-corrected chi connectivity index (χ1v) is 17.4. The number of Topliss-reactive ketones (excluding diaryl/α,β-unsaturated/α-hetero) is 1. The van der Waals surface area contributed by atoms with Crippen molar-refractivity contribution in [1.82, 2.24) is 15.1 Å². The topological polar surface area (TPSA) is 110 Å². The van der Waals surface area contributed by atoms with Crippen molar-refractivity contribution in [2.24, 2.45) is 29.1 Å². The Hall–Kier alpha value is -1.14. The quantitative estimate of drug-likeness (QED) is 0.288.